The van der Waals surface area contributed by atoms with Crippen LogP contribution in [0, 0.1) is 6.92 Å². The summed E-state index contributed by atoms with van der Waals surface area (Å²) in [4.78, 5) is 11.9. The summed E-state index contributed by atoms with van der Waals surface area (Å²) in [7, 11) is 0. The van der Waals surface area contributed by atoms with Gasteiger partial charge in [-0.1, -0.05) is 25.9 Å². The second-order valence-electron chi connectivity index (χ2n) is 5.98. The van der Waals surface area contributed by atoms with Crippen molar-refractivity contribution in [3.8, 4) is 0 Å². The van der Waals surface area contributed by atoms with Crippen LogP contribution in [-0.2, 0) is 5.41 Å². The molecule has 0 radical (unpaired) electrons. The summed E-state index contributed by atoms with van der Waals surface area (Å²) in [5, 5.41) is 9.18. The minimum absolute atomic E-state index is 0.155. The van der Waals surface area contributed by atoms with Crippen LogP contribution in [-0.4, -0.2) is 11.2 Å². The number of carbonyl (C=O) groups excluding carboxylic acids is 1. The highest BCUT2D eigenvalue weighted by Crippen LogP contribution is 2.24. The normalized spacial score (nSPS) is 11.2. The first-order valence-corrected chi connectivity index (χ1v) is 6.67. The lowest BCUT2D eigenvalue weighted by Crippen LogP contribution is -2.19. The topological polar surface area (TPSA) is 93.2 Å². The Kier molecular flexibility index (Phi) is 3.88. The molecule has 112 valence electrons. The van der Waals surface area contributed by atoms with Crippen molar-refractivity contribution in [2.75, 3.05) is 16.4 Å². The highest BCUT2D eigenvalue weighted by atomic mass is 16.5. The van der Waals surface area contributed by atoms with Gasteiger partial charge in [0.2, 0.25) is 0 Å². The van der Waals surface area contributed by atoms with Crippen LogP contribution in [0.1, 0.15) is 32.1 Å². The number of urea groups is 1. The summed E-state index contributed by atoms with van der Waals surface area (Å²) < 4.78 is 5.21. The molecule has 21 heavy (non-hydrogen) atoms. The number of nitrogens with two attached hydrogens (primary N) is 1. The van der Waals surface area contributed by atoms with Crippen molar-refractivity contribution in [2.45, 2.75) is 33.1 Å². The number of rotatable bonds is 2. The molecule has 6 heteroatoms. The van der Waals surface area contributed by atoms with Crippen LogP contribution < -0.4 is 16.4 Å². The molecule has 0 spiro atoms. The van der Waals surface area contributed by atoms with Crippen LogP contribution in [0.3, 0.4) is 0 Å². The van der Waals surface area contributed by atoms with Crippen molar-refractivity contribution in [3.05, 3.63) is 35.6 Å². The average Bonchev–Trinajstić information content (AvgIpc) is 2.82. The van der Waals surface area contributed by atoms with Crippen molar-refractivity contribution in [1.82, 2.24) is 5.16 Å². The largest absolute Gasteiger partial charge is 0.399 e. The van der Waals surface area contributed by atoms with Crippen LogP contribution in [0.4, 0.5) is 22.0 Å². The van der Waals surface area contributed by atoms with Crippen molar-refractivity contribution in [1.29, 1.82) is 0 Å². The lowest BCUT2D eigenvalue weighted by atomic mass is 9.93. The molecule has 2 aromatic rings. The Labute approximate surface area is 123 Å². The minimum Gasteiger partial charge on any atom is -0.399 e. The zero-order valence-corrected chi connectivity index (χ0v) is 12.7. The molecule has 0 aliphatic rings. The van der Waals surface area contributed by atoms with E-state index in [1.807, 2.05) is 27.7 Å². The quantitative estimate of drug-likeness (QED) is 0.737. The van der Waals surface area contributed by atoms with Crippen molar-refractivity contribution >= 4 is 23.2 Å². The van der Waals surface area contributed by atoms with Gasteiger partial charge >= 0.3 is 6.03 Å². The molecule has 1 aromatic heterocycles. The monoisotopic (exact) mass is 288 g/mol. The molecule has 0 saturated carbocycles. The fourth-order valence-electron chi connectivity index (χ4n) is 1.72. The predicted molar refractivity (Wildman–Crippen MR) is 83.4 cm³/mol. The molecule has 0 aliphatic heterocycles. The van der Waals surface area contributed by atoms with Crippen LogP contribution in [0.5, 0.6) is 0 Å². The Morgan fingerprint density at radius 3 is 2.52 bits per heavy atom. The Balaban J connectivity index is 2.01. The number of carbonyl (C=O) groups is 1. The van der Waals surface area contributed by atoms with E-state index in [2.05, 4.69) is 15.8 Å². The summed E-state index contributed by atoms with van der Waals surface area (Å²) in [5.74, 6) is 1.09. The fraction of sp³-hybridized carbons (Fsp3) is 0.333. The maximum atomic E-state index is 11.9. The van der Waals surface area contributed by atoms with Crippen molar-refractivity contribution in [2.24, 2.45) is 0 Å². The minimum atomic E-state index is -0.382. The van der Waals surface area contributed by atoms with Crippen LogP contribution in [0.2, 0.25) is 0 Å². The lowest BCUT2D eigenvalue weighted by Gasteiger charge is -2.12. The van der Waals surface area contributed by atoms with Gasteiger partial charge < -0.3 is 15.6 Å². The van der Waals surface area contributed by atoms with Gasteiger partial charge in [-0.05, 0) is 30.7 Å². The van der Waals surface area contributed by atoms with E-state index < -0.39 is 0 Å². The molecule has 0 unspecified atom stereocenters. The summed E-state index contributed by atoms with van der Waals surface area (Å²) >= 11 is 0. The van der Waals surface area contributed by atoms with Gasteiger partial charge in [0.05, 0.1) is 0 Å². The Hall–Kier alpha value is -2.50. The number of aromatic nitrogens is 1. The fourth-order valence-corrected chi connectivity index (χ4v) is 1.72. The highest BCUT2D eigenvalue weighted by molar-refractivity contribution is 5.99. The molecule has 0 fully saturated rings. The number of benzene rings is 1. The molecule has 4 N–H and O–H groups in total. The number of hydrogen-bond donors (Lipinski definition) is 3. The Morgan fingerprint density at radius 2 is 1.95 bits per heavy atom. The third kappa shape index (κ3) is 3.75. The number of nitrogens with zero attached hydrogens (tertiary/aromatic N) is 1. The van der Waals surface area contributed by atoms with Crippen molar-refractivity contribution < 1.29 is 9.32 Å². The molecule has 2 amide bonds. The van der Waals surface area contributed by atoms with E-state index in [1.165, 1.54) is 0 Å². The Bertz CT molecular complexity index is 656. The van der Waals surface area contributed by atoms with E-state index in [4.69, 9.17) is 10.3 Å². The maximum absolute atomic E-state index is 11.9. The summed E-state index contributed by atoms with van der Waals surface area (Å²) in [5.41, 5.74) is 7.84. The number of nitrogens with one attached hydrogen (secondary N) is 2. The number of anilines is 3. The van der Waals surface area contributed by atoms with E-state index >= 15 is 0 Å². The van der Waals surface area contributed by atoms with Gasteiger partial charge in [-0.2, -0.15) is 0 Å². The van der Waals surface area contributed by atoms with Gasteiger partial charge in [-0.25, -0.2) is 4.79 Å². The first-order valence-electron chi connectivity index (χ1n) is 6.67. The molecular formula is C15H20N4O2. The number of amides is 2. The van der Waals surface area contributed by atoms with Gasteiger partial charge in [0.1, 0.15) is 5.76 Å². The van der Waals surface area contributed by atoms with Crippen LogP contribution in [0.15, 0.2) is 28.8 Å². The van der Waals surface area contributed by atoms with E-state index in [0.29, 0.717) is 23.0 Å². The van der Waals surface area contributed by atoms with Crippen LogP contribution in [0.25, 0.3) is 0 Å². The zero-order valence-electron chi connectivity index (χ0n) is 12.7. The summed E-state index contributed by atoms with van der Waals surface area (Å²) in [6.45, 7) is 7.91. The molecule has 6 nitrogen and oxygen atoms in total. The van der Waals surface area contributed by atoms with Gasteiger partial charge in [0, 0.05) is 22.9 Å². The molecule has 0 bridgehead atoms. The van der Waals surface area contributed by atoms with Gasteiger partial charge in [-0.15, -0.1) is 0 Å². The van der Waals surface area contributed by atoms with Gasteiger partial charge in [-0.3, -0.25) is 5.32 Å². The molecule has 2 rings (SSSR count). The SMILES string of the molecule is Cc1cc(NC(=O)Nc2cc(C(C)(C)C)on2)ccc1N. The van der Waals surface area contributed by atoms with E-state index in [1.54, 1.807) is 24.3 Å². The number of nitrogen functional groups attached to an aromatic ring is 1. The summed E-state index contributed by atoms with van der Waals surface area (Å²) in [6.07, 6.45) is 0. The number of aryl methyl sites for hydroxylation is 1. The predicted octanol–water partition coefficient (Wildman–Crippen LogP) is 3.51. The maximum Gasteiger partial charge on any atom is 0.324 e. The van der Waals surface area contributed by atoms with E-state index in [9.17, 15) is 4.79 Å². The van der Waals surface area contributed by atoms with Gasteiger partial charge in [0.25, 0.3) is 0 Å². The summed E-state index contributed by atoms with van der Waals surface area (Å²) in [6, 6.07) is 6.63. The van der Waals surface area contributed by atoms with Gasteiger partial charge in [0.15, 0.2) is 5.82 Å². The first kappa shape index (κ1) is 14.9. The Morgan fingerprint density at radius 1 is 1.24 bits per heavy atom. The molecular weight excluding hydrogens is 268 g/mol. The molecule has 1 heterocycles. The van der Waals surface area contributed by atoms with Crippen molar-refractivity contribution in [3.63, 3.8) is 0 Å². The second-order valence-corrected chi connectivity index (χ2v) is 5.98. The third-order valence-electron chi connectivity index (χ3n) is 3.02. The highest BCUT2D eigenvalue weighted by Gasteiger charge is 2.20. The molecule has 0 aliphatic carbocycles. The second kappa shape index (κ2) is 5.47. The smallest absolute Gasteiger partial charge is 0.324 e. The molecule has 1 aromatic carbocycles. The molecule has 0 saturated heterocycles. The zero-order chi connectivity index (χ0) is 15.6. The van der Waals surface area contributed by atoms with E-state index in [-0.39, 0.29) is 11.4 Å². The lowest BCUT2D eigenvalue weighted by molar-refractivity contribution is 0.262. The van der Waals surface area contributed by atoms with Crippen LogP contribution >= 0.6 is 0 Å². The average molecular weight is 288 g/mol. The standard InChI is InChI=1S/C15H20N4O2/c1-9-7-10(5-6-11(9)16)17-14(20)18-13-8-12(21-19-13)15(2,3)4/h5-8H,16H2,1-4H3,(H2,17,18,19,20). The molecule has 0 atom stereocenters. The third-order valence-corrected chi connectivity index (χ3v) is 3.02. The number of hydrogen-bond acceptors (Lipinski definition) is 4. The first-order chi connectivity index (χ1) is 9.75. The van der Waals surface area contributed by atoms with E-state index in [0.717, 1.165) is 5.56 Å².